The number of anilines is 1. The first-order valence-corrected chi connectivity index (χ1v) is 8.02. The molecule has 2 N–H and O–H groups in total. The first-order chi connectivity index (χ1) is 11.7. The quantitative estimate of drug-likeness (QED) is 0.760. The van der Waals surface area contributed by atoms with Gasteiger partial charge in [0.1, 0.15) is 0 Å². The molecule has 4 rings (SSSR count). The third-order valence-electron chi connectivity index (χ3n) is 3.98. The molecule has 24 heavy (non-hydrogen) atoms. The maximum absolute atomic E-state index is 12.5. The Labute approximate surface area is 143 Å². The van der Waals surface area contributed by atoms with Gasteiger partial charge < -0.3 is 5.32 Å². The molecular formula is C17H14ClN5O. The first kappa shape index (κ1) is 14.8. The van der Waals surface area contributed by atoms with Gasteiger partial charge in [-0.1, -0.05) is 11.6 Å². The molecule has 0 atom stereocenters. The smallest absolute Gasteiger partial charge is 0.255 e. The Hall–Kier alpha value is -2.73. The van der Waals surface area contributed by atoms with Gasteiger partial charge in [0.25, 0.3) is 5.91 Å². The van der Waals surface area contributed by atoms with Gasteiger partial charge in [-0.2, -0.15) is 5.21 Å². The first-order valence-electron chi connectivity index (χ1n) is 7.65. The van der Waals surface area contributed by atoms with Gasteiger partial charge in [0, 0.05) is 21.8 Å². The maximum Gasteiger partial charge on any atom is 0.255 e. The van der Waals surface area contributed by atoms with Crippen molar-refractivity contribution in [2.45, 2.75) is 18.8 Å². The van der Waals surface area contributed by atoms with E-state index in [2.05, 4.69) is 25.9 Å². The van der Waals surface area contributed by atoms with Crippen LogP contribution in [0.2, 0.25) is 5.02 Å². The second kappa shape index (κ2) is 6.05. The number of amides is 1. The summed E-state index contributed by atoms with van der Waals surface area (Å²) in [7, 11) is 0. The summed E-state index contributed by atoms with van der Waals surface area (Å²) in [6.07, 6.45) is 2.33. The van der Waals surface area contributed by atoms with Crippen LogP contribution >= 0.6 is 11.6 Å². The average molecular weight is 340 g/mol. The van der Waals surface area contributed by atoms with Crippen molar-refractivity contribution < 1.29 is 4.79 Å². The lowest BCUT2D eigenvalue weighted by molar-refractivity contribution is 0.102. The molecule has 1 aromatic heterocycles. The van der Waals surface area contributed by atoms with Crippen LogP contribution in [0, 0.1) is 0 Å². The number of rotatable bonds is 4. The average Bonchev–Trinajstić information content (AvgIpc) is 3.30. The summed E-state index contributed by atoms with van der Waals surface area (Å²) in [5.74, 6) is 0.882. The number of nitrogens with zero attached hydrogens (tertiary/aromatic N) is 3. The van der Waals surface area contributed by atoms with Gasteiger partial charge in [0.05, 0.1) is 0 Å². The summed E-state index contributed by atoms with van der Waals surface area (Å²) >= 11 is 6.14. The number of aromatic amines is 1. The molecule has 1 saturated carbocycles. The maximum atomic E-state index is 12.5. The molecule has 1 aliphatic rings. The van der Waals surface area contributed by atoms with E-state index in [1.165, 1.54) is 12.8 Å². The van der Waals surface area contributed by atoms with Crippen LogP contribution in [0.25, 0.3) is 11.4 Å². The fraction of sp³-hybridized carbons (Fsp3) is 0.176. The lowest BCUT2D eigenvalue weighted by Gasteiger charge is -2.08. The number of hydrogen-bond acceptors (Lipinski definition) is 4. The molecule has 0 unspecified atom stereocenters. The second-order valence-corrected chi connectivity index (χ2v) is 6.25. The number of halogens is 1. The van der Waals surface area contributed by atoms with Gasteiger partial charge in [-0.3, -0.25) is 4.79 Å². The Balaban J connectivity index is 1.51. The third kappa shape index (κ3) is 3.14. The van der Waals surface area contributed by atoms with Crippen molar-refractivity contribution in [3.05, 3.63) is 58.6 Å². The number of carbonyl (C=O) groups is 1. The van der Waals surface area contributed by atoms with Gasteiger partial charge in [-0.25, -0.2) is 0 Å². The Morgan fingerprint density at radius 3 is 2.62 bits per heavy atom. The summed E-state index contributed by atoms with van der Waals surface area (Å²) in [6.45, 7) is 0. The molecule has 1 heterocycles. The highest BCUT2D eigenvalue weighted by Gasteiger charge is 2.24. The van der Waals surface area contributed by atoms with Crippen molar-refractivity contribution in [3.8, 4) is 11.4 Å². The number of nitrogens with one attached hydrogen (secondary N) is 2. The van der Waals surface area contributed by atoms with Crippen LogP contribution in [-0.4, -0.2) is 26.5 Å². The number of hydrogen-bond donors (Lipinski definition) is 2. The Kier molecular flexibility index (Phi) is 3.74. The van der Waals surface area contributed by atoms with Crippen molar-refractivity contribution in [2.24, 2.45) is 0 Å². The SMILES string of the molecule is O=C(Nc1ccc(-c2nn[nH]n2)cc1)c1cc(Cl)cc(C2CC2)c1. The van der Waals surface area contributed by atoms with E-state index >= 15 is 0 Å². The van der Waals surface area contributed by atoms with E-state index in [4.69, 9.17) is 11.6 Å². The minimum Gasteiger partial charge on any atom is -0.322 e. The third-order valence-corrected chi connectivity index (χ3v) is 4.20. The number of tetrazole rings is 1. The molecule has 0 spiro atoms. The Morgan fingerprint density at radius 1 is 1.17 bits per heavy atom. The van der Waals surface area contributed by atoms with Crippen molar-refractivity contribution in [1.82, 2.24) is 20.6 Å². The van der Waals surface area contributed by atoms with Crippen molar-refractivity contribution >= 4 is 23.2 Å². The van der Waals surface area contributed by atoms with E-state index in [1.807, 2.05) is 24.3 Å². The molecular weight excluding hydrogens is 326 g/mol. The van der Waals surface area contributed by atoms with Crippen molar-refractivity contribution in [2.75, 3.05) is 5.32 Å². The minimum atomic E-state index is -0.174. The highest BCUT2D eigenvalue weighted by Crippen LogP contribution is 2.41. The Morgan fingerprint density at radius 2 is 1.96 bits per heavy atom. The summed E-state index contributed by atoms with van der Waals surface area (Å²) in [4.78, 5) is 12.5. The molecule has 1 amide bonds. The number of H-pyrrole nitrogens is 1. The normalized spacial score (nSPS) is 13.7. The molecule has 0 bridgehead atoms. The van der Waals surface area contributed by atoms with Gasteiger partial charge >= 0.3 is 0 Å². The predicted octanol–water partition coefficient (Wildman–Crippen LogP) is 3.65. The molecule has 120 valence electrons. The van der Waals surface area contributed by atoms with E-state index in [1.54, 1.807) is 18.2 Å². The van der Waals surface area contributed by atoms with Crippen LogP contribution in [-0.2, 0) is 0 Å². The predicted molar refractivity (Wildman–Crippen MR) is 91.0 cm³/mol. The number of carbonyl (C=O) groups excluding carboxylic acids is 1. The molecule has 0 aliphatic heterocycles. The van der Waals surface area contributed by atoms with Gasteiger partial charge in [0.2, 0.25) is 5.82 Å². The monoisotopic (exact) mass is 339 g/mol. The lowest BCUT2D eigenvalue weighted by Crippen LogP contribution is -2.12. The van der Waals surface area contributed by atoms with E-state index in [0.717, 1.165) is 11.1 Å². The van der Waals surface area contributed by atoms with Gasteiger partial charge in [0.15, 0.2) is 0 Å². The van der Waals surface area contributed by atoms with Crippen molar-refractivity contribution in [1.29, 1.82) is 0 Å². The minimum absolute atomic E-state index is 0.174. The van der Waals surface area contributed by atoms with Crippen LogP contribution in [0.15, 0.2) is 42.5 Å². The molecule has 0 saturated heterocycles. The topological polar surface area (TPSA) is 83.6 Å². The van der Waals surface area contributed by atoms with Crippen LogP contribution in [0.5, 0.6) is 0 Å². The highest BCUT2D eigenvalue weighted by molar-refractivity contribution is 6.31. The summed E-state index contributed by atoms with van der Waals surface area (Å²) in [6, 6.07) is 12.8. The van der Waals surface area contributed by atoms with Crippen LogP contribution in [0.1, 0.15) is 34.7 Å². The molecule has 7 heteroatoms. The number of benzene rings is 2. The summed E-state index contributed by atoms with van der Waals surface area (Å²) < 4.78 is 0. The summed E-state index contributed by atoms with van der Waals surface area (Å²) in [5.41, 5.74) is 3.23. The standard InChI is InChI=1S/C17H14ClN5O/c18-14-8-12(10-1-2-10)7-13(9-14)17(24)19-15-5-3-11(4-6-15)16-20-22-23-21-16/h3-10H,1-2H2,(H,19,24)(H,20,21,22,23). The Bertz CT molecular complexity index is 873. The molecule has 1 fully saturated rings. The molecule has 6 nitrogen and oxygen atoms in total. The van der Waals surface area contributed by atoms with E-state index in [9.17, 15) is 4.79 Å². The molecule has 0 radical (unpaired) electrons. The highest BCUT2D eigenvalue weighted by atomic mass is 35.5. The van der Waals surface area contributed by atoms with Crippen LogP contribution in [0.4, 0.5) is 5.69 Å². The van der Waals surface area contributed by atoms with Crippen LogP contribution in [0.3, 0.4) is 0 Å². The van der Waals surface area contributed by atoms with E-state index < -0.39 is 0 Å². The van der Waals surface area contributed by atoms with Crippen molar-refractivity contribution in [3.63, 3.8) is 0 Å². The van der Waals surface area contributed by atoms with Gasteiger partial charge in [-0.05, 0) is 72.0 Å². The van der Waals surface area contributed by atoms with Crippen LogP contribution < -0.4 is 5.32 Å². The molecule has 2 aromatic carbocycles. The second-order valence-electron chi connectivity index (χ2n) is 5.81. The van der Waals surface area contributed by atoms with Gasteiger partial charge in [-0.15, -0.1) is 10.2 Å². The zero-order valence-electron chi connectivity index (χ0n) is 12.7. The fourth-order valence-electron chi connectivity index (χ4n) is 2.59. The molecule has 3 aromatic rings. The lowest BCUT2D eigenvalue weighted by atomic mass is 10.1. The fourth-order valence-corrected chi connectivity index (χ4v) is 2.83. The largest absolute Gasteiger partial charge is 0.322 e. The summed E-state index contributed by atoms with van der Waals surface area (Å²) in [5, 5.41) is 17.2. The zero-order valence-corrected chi connectivity index (χ0v) is 13.4. The van der Waals surface area contributed by atoms with E-state index in [-0.39, 0.29) is 5.91 Å². The zero-order chi connectivity index (χ0) is 16.5. The number of aromatic nitrogens is 4. The molecule has 1 aliphatic carbocycles. The van der Waals surface area contributed by atoms with E-state index in [0.29, 0.717) is 28.0 Å².